The molecule has 0 aromatic heterocycles. The van der Waals surface area contributed by atoms with Crippen molar-refractivity contribution in [2.24, 2.45) is 0 Å². The van der Waals surface area contributed by atoms with Gasteiger partial charge in [0, 0.05) is 36.2 Å². The number of hydrogen-bond donors (Lipinski definition) is 5. The van der Waals surface area contributed by atoms with Gasteiger partial charge in [-0.3, -0.25) is 14.9 Å². The van der Waals surface area contributed by atoms with Crippen LogP contribution in [-0.4, -0.2) is 111 Å². The van der Waals surface area contributed by atoms with Gasteiger partial charge in [0.2, 0.25) is 0 Å². The van der Waals surface area contributed by atoms with Gasteiger partial charge < -0.3 is 40.0 Å². The molecule has 2 spiro atoms. The number of benzene rings is 2. The van der Waals surface area contributed by atoms with Crippen molar-refractivity contribution >= 4 is 77.5 Å². The van der Waals surface area contributed by atoms with Gasteiger partial charge >= 0.3 is 31.4 Å². The average Bonchev–Trinajstić information content (AvgIpc) is 3.48. The summed E-state index contributed by atoms with van der Waals surface area (Å²) >= 11 is 11.5. The van der Waals surface area contributed by atoms with Crippen molar-refractivity contribution in [3.63, 3.8) is 0 Å². The highest BCUT2D eigenvalue weighted by Gasteiger charge is 2.53. The number of nitrogens with zero attached hydrogens (tertiary/aromatic N) is 3. The number of halogens is 2. The summed E-state index contributed by atoms with van der Waals surface area (Å²) in [5.41, 5.74) is -2.11. The van der Waals surface area contributed by atoms with Gasteiger partial charge in [0.1, 0.15) is 22.3 Å². The lowest BCUT2D eigenvalue weighted by atomic mass is 9.81. The van der Waals surface area contributed by atoms with Crippen molar-refractivity contribution in [2.75, 3.05) is 31.1 Å². The Morgan fingerprint density at radius 3 is 1.60 bits per heavy atom. The van der Waals surface area contributed by atoms with Gasteiger partial charge in [0.15, 0.2) is 0 Å². The molecule has 4 saturated heterocycles. The van der Waals surface area contributed by atoms with Crippen molar-refractivity contribution in [1.29, 1.82) is 0 Å². The molecule has 5 N–H and O–H groups in total. The Labute approximate surface area is 329 Å². The number of ether oxygens (including phenoxy) is 2. The minimum Gasteiger partial charge on any atom is -0.444 e. The number of imide groups is 2. The molecule has 0 unspecified atom stereocenters. The molecule has 4 aliphatic heterocycles. The lowest BCUT2D eigenvalue weighted by molar-refractivity contribution is -0.125. The van der Waals surface area contributed by atoms with Crippen molar-refractivity contribution in [1.82, 2.24) is 25.8 Å². The second-order valence-corrected chi connectivity index (χ2v) is 16.4. The van der Waals surface area contributed by atoms with E-state index in [-0.39, 0.29) is 17.9 Å². The Morgan fingerprint density at radius 1 is 0.727 bits per heavy atom. The van der Waals surface area contributed by atoms with Gasteiger partial charge in [-0.15, -0.1) is 0 Å². The van der Waals surface area contributed by atoms with Crippen LogP contribution in [0.4, 0.5) is 24.9 Å². The molecule has 0 radical (unpaired) electrons. The zero-order chi connectivity index (χ0) is 40.9. The summed E-state index contributed by atoms with van der Waals surface area (Å²) in [5, 5.41) is 25.9. The van der Waals surface area contributed by atoms with Crippen LogP contribution in [0.25, 0.3) is 0 Å². The number of piperidine rings is 2. The standard InChI is InChI=1S/C18H22ClN3O4.C12H19N3O4.C6H6BClO2/c1-17(2,3)26-16(25)21-9-7-18(8-10-21)14(23)22(15(24)20-18)13-6-4-5-12(19)11-13;1-11(2,3)19-10(18)15-6-4-12(5-7-15)8(16)13-9(17)14-12;8-6-3-1-2-5(4-6)7(9)10/h4-6,11H,7-10H2,1-3H3,(H,20,24);4-7H2,1-3H3,(H2,13,14,16,17);1-4,9-10H. The van der Waals surface area contributed by atoms with Crippen LogP contribution in [0.5, 0.6) is 0 Å². The molecule has 2 aromatic carbocycles. The molecule has 0 aliphatic carbocycles. The van der Waals surface area contributed by atoms with Crippen LogP contribution < -0.4 is 26.3 Å². The fourth-order valence-electron chi connectivity index (χ4n) is 6.15. The van der Waals surface area contributed by atoms with Gasteiger partial charge in [-0.05, 0) is 103 Å². The van der Waals surface area contributed by atoms with Crippen molar-refractivity contribution in [2.45, 2.75) is 89.5 Å². The van der Waals surface area contributed by atoms with Gasteiger partial charge in [-0.1, -0.05) is 41.4 Å². The van der Waals surface area contributed by atoms with Gasteiger partial charge in [-0.2, -0.15) is 0 Å². The van der Waals surface area contributed by atoms with Crippen LogP contribution in [-0.2, 0) is 19.1 Å². The molecule has 0 saturated carbocycles. The molecule has 8 amide bonds. The van der Waals surface area contributed by atoms with E-state index in [1.54, 1.807) is 93.8 Å². The average molecular weight is 806 g/mol. The second-order valence-electron chi connectivity index (χ2n) is 15.5. The van der Waals surface area contributed by atoms with E-state index in [4.69, 9.17) is 42.7 Å². The Bertz CT molecular complexity index is 1780. The van der Waals surface area contributed by atoms with E-state index in [0.29, 0.717) is 73.1 Å². The van der Waals surface area contributed by atoms with Crippen molar-refractivity contribution < 1.29 is 48.3 Å². The van der Waals surface area contributed by atoms with E-state index >= 15 is 0 Å². The molecule has 0 bridgehead atoms. The second kappa shape index (κ2) is 17.1. The molecule has 4 fully saturated rings. The number of carbonyl (C=O) groups is 6. The minimum absolute atomic E-state index is 0.304. The van der Waals surface area contributed by atoms with Crippen LogP contribution in [0.1, 0.15) is 67.2 Å². The van der Waals surface area contributed by atoms with Crippen LogP contribution in [0.15, 0.2) is 48.5 Å². The molecule has 2 aromatic rings. The number of rotatable bonds is 2. The molecule has 0 atom stereocenters. The quantitative estimate of drug-likeness (QED) is 0.219. The smallest absolute Gasteiger partial charge is 0.444 e. The Morgan fingerprint density at radius 2 is 1.20 bits per heavy atom. The van der Waals surface area contributed by atoms with Gasteiger partial charge in [0.05, 0.1) is 5.69 Å². The molecular weight excluding hydrogens is 758 g/mol. The van der Waals surface area contributed by atoms with E-state index in [2.05, 4.69) is 16.0 Å². The maximum atomic E-state index is 13.0. The summed E-state index contributed by atoms with van der Waals surface area (Å²) in [5.74, 6) is -0.616. The van der Waals surface area contributed by atoms with Crippen molar-refractivity contribution in [3.8, 4) is 0 Å². The number of carbonyl (C=O) groups excluding carboxylic acids is 6. The third-order valence-electron chi connectivity index (χ3n) is 8.93. The first kappa shape index (κ1) is 43.2. The lowest BCUT2D eigenvalue weighted by Gasteiger charge is -2.37. The first-order chi connectivity index (χ1) is 25.5. The largest absolute Gasteiger partial charge is 0.488 e. The molecule has 298 valence electrons. The molecule has 16 nitrogen and oxygen atoms in total. The number of anilines is 1. The molecule has 4 aliphatic rings. The first-order valence-electron chi connectivity index (χ1n) is 17.7. The summed E-state index contributed by atoms with van der Waals surface area (Å²) in [4.78, 5) is 76.6. The van der Waals surface area contributed by atoms with E-state index in [0.717, 1.165) is 4.90 Å². The van der Waals surface area contributed by atoms with Crippen LogP contribution >= 0.6 is 23.2 Å². The Balaban J connectivity index is 0.000000202. The summed E-state index contributed by atoms with van der Waals surface area (Å²) in [6.45, 7) is 12.3. The number of amides is 8. The maximum absolute atomic E-state index is 13.0. The fourth-order valence-corrected chi connectivity index (χ4v) is 6.53. The normalized spacial score (nSPS) is 18.7. The summed E-state index contributed by atoms with van der Waals surface area (Å²) in [7, 11) is -1.43. The monoisotopic (exact) mass is 804 g/mol. The number of nitrogens with one attached hydrogen (secondary N) is 3. The topological polar surface area (TPSA) is 207 Å². The van der Waals surface area contributed by atoms with E-state index in [1.165, 1.54) is 6.07 Å². The molecule has 19 heteroatoms. The third kappa shape index (κ3) is 11.2. The highest BCUT2D eigenvalue weighted by atomic mass is 35.5. The fraction of sp³-hybridized carbons (Fsp3) is 0.500. The van der Waals surface area contributed by atoms with Gasteiger partial charge in [-0.25, -0.2) is 24.1 Å². The number of hydrogen-bond acceptors (Lipinski definition) is 10. The molecule has 55 heavy (non-hydrogen) atoms. The van der Waals surface area contributed by atoms with Crippen LogP contribution in [0, 0.1) is 0 Å². The minimum atomic E-state index is -1.43. The zero-order valence-electron chi connectivity index (χ0n) is 31.6. The van der Waals surface area contributed by atoms with Gasteiger partial charge in [0.25, 0.3) is 11.8 Å². The number of likely N-dealkylation sites (tertiary alicyclic amines) is 2. The Hall–Kier alpha value is -4.58. The van der Waals surface area contributed by atoms with E-state index < -0.39 is 47.6 Å². The predicted molar refractivity (Wildman–Crippen MR) is 205 cm³/mol. The Kier molecular flexibility index (Phi) is 13.4. The molecule has 4 heterocycles. The van der Waals surface area contributed by atoms with Crippen LogP contribution in [0.3, 0.4) is 0 Å². The summed E-state index contributed by atoms with van der Waals surface area (Å²) < 4.78 is 10.6. The van der Waals surface area contributed by atoms with Crippen molar-refractivity contribution in [3.05, 3.63) is 58.6 Å². The van der Waals surface area contributed by atoms with E-state index in [9.17, 15) is 28.8 Å². The van der Waals surface area contributed by atoms with Crippen LogP contribution in [0.2, 0.25) is 10.0 Å². The van der Waals surface area contributed by atoms with E-state index in [1.807, 2.05) is 0 Å². The lowest BCUT2D eigenvalue weighted by Crippen LogP contribution is -2.56. The summed E-state index contributed by atoms with van der Waals surface area (Å²) in [6.07, 6.45) is 0.706. The number of urea groups is 2. The SMILES string of the molecule is CC(C)(C)OC(=O)N1CCC2(CC1)NC(=O)N(c1cccc(Cl)c1)C2=O.CC(C)(C)OC(=O)N1CCC2(CC1)NC(=O)NC2=O.OB(O)c1cccc(Cl)c1. The molecular formula is C36H47BCl2N6O10. The highest BCUT2D eigenvalue weighted by Crippen LogP contribution is 2.34. The molecule has 6 rings (SSSR count). The summed E-state index contributed by atoms with van der Waals surface area (Å²) in [6, 6.07) is 12.1. The maximum Gasteiger partial charge on any atom is 0.488 e. The highest BCUT2D eigenvalue weighted by molar-refractivity contribution is 6.59. The zero-order valence-corrected chi connectivity index (χ0v) is 33.1. The predicted octanol–water partition coefficient (Wildman–Crippen LogP) is 3.78. The third-order valence-corrected chi connectivity index (χ3v) is 9.40. The first-order valence-corrected chi connectivity index (χ1v) is 18.4.